The monoisotopic (exact) mass is 584 g/mol. The third kappa shape index (κ3) is 5.05. The van der Waals surface area contributed by atoms with Gasteiger partial charge in [0.1, 0.15) is 17.9 Å². The van der Waals surface area contributed by atoms with Crippen LogP contribution in [-0.4, -0.2) is 97.3 Å². The maximum absolute atomic E-state index is 14.4. The molecule has 0 saturated carbocycles. The molecule has 1 amide bonds. The van der Waals surface area contributed by atoms with Gasteiger partial charge in [-0.25, -0.2) is 4.98 Å². The SMILES string of the molecule is CC(=O)N1CCN(c2nc(OC[C@@H]3CCCN3C)nc3c(=O)n(-c4c(C)c(C)cc5[nH]ncc45)c(C)nc23)C[C@@H]1CC#N. The van der Waals surface area contributed by atoms with Crippen LogP contribution < -0.4 is 15.2 Å². The molecule has 4 aromatic rings. The van der Waals surface area contributed by atoms with Crippen LogP contribution in [0.5, 0.6) is 6.01 Å². The molecule has 5 heterocycles. The summed E-state index contributed by atoms with van der Waals surface area (Å²) in [5, 5.41) is 17.5. The minimum atomic E-state index is -0.332. The average Bonchev–Trinajstić information content (AvgIpc) is 3.62. The topological polar surface area (TPSA) is 149 Å². The first-order valence-corrected chi connectivity index (χ1v) is 14.6. The molecule has 1 aromatic carbocycles. The molecule has 2 aliphatic heterocycles. The number of likely N-dealkylation sites (N-methyl/N-ethyl adjacent to an activating group) is 1. The van der Waals surface area contributed by atoms with Gasteiger partial charge in [-0.05, 0) is 64.4 Å². The smallest absolute Gasteiger partial charge is 0.319 e. The lowest BCUT2D eigenvalue weighted by Crippen LogP contribution is -2.55. The van der Waals surface area contributed by atoms with Gasteiger partial charge in [0.25, 0.3) is 5.56 Å². The van der Waals surface area contributed by atoms with Gasteiger partial charge in [-0.2, -0.15) is 20.3 Å². The Morgan fingerprint density at radius 2 is 1.95 bits per heavy atom. The molecule has 43 heavy (non-hydrogen) atoms. The standard InChI is InChI=1S/C30H36N10O3/c1-17-13-24-23(14-32-36-24)27(18(17)2)40-19(3)33-25-26(29(40)42)34-30(43-16-22-7-6-10-37(22)5)35-28(25)38-11-12-39(20(4)41)21(15-38)8-9-31/h13-14,21-22H,6-8,10-12,15-16H2,1-5H3,(H,32,36)/t21-,22-/m0/s1. The van der Waals surface area contributed by atoms with E-state index < -0.39 is 0 Å². The first kappa shape index (κ1) is 28.5. The van der Waals surface area contributed by atoms with E-state index in [0.29, 0.717) is 49.1 Å². The van der Waals surface area contributed by atoms with Crippen LogP contribution in [0, 0.1) is 32.1 Å². The number of anilines is 1. The van der Waals surface area contributed by atoms with Gasteiger partial charge in [-0.1, -0.05) is 0 Å². The molecule has 0 unspecified atom stereocenters. The molecule has 2 saturated heterocycles. The lowest BCUT2D eigenvalue weighted by atomic mass is 10.0. The Morgan fingerprint density at radius 1 is 1.14 bits per heavy atom. The zero-order chi connectivity index (χ0) is 30.4. The quantitative estimate of drug-likeness (QED) is 0.358. The molecule has 3 aromatic heterocycles. The number of likely N-dealkylation sites (tertiary alicyclic amines) is 1. The van der Waals surface area contributed by atoms with E-state index in [2.05, 4.69) is 33.2 Å². The Bertz CT molecular complexity index is 1820. The number of ether oxygens (including phenoxy) is 1. The molecule has 2 fully saturated rings. The molecule has 13 heteroatoms. The summed E-state index contributed by atoms with van der Waals surface area (Å²) < 4.78 is 7.76. The summed E-state index contributed by atoms with van der Waals surface area (Å²) in [5.74, 6) is 0.872. The Hall–Kier alpha value is -4.57. The number of H-pyrrole nitrogens is 1. The molecule has 0 radical (unpaired) electrons. The number of rotatable bonds is 6. The Balaban J connectivity index is 1.52. The molecular formula is C30H36N10O3. The second-order valence-corrected chi connectivity index (χ2v) is 11.6. The highest BCUT2D eigenvalue weighted by atomic mass is 16.5. The fourth-order valence-corrected chi connectivity index (χ4v) is 6.39. The minimum absolute atomic E-state index is 0.0758. The van der Waals surface area contributed by atoms with E-state index >= 15 is 0 Å². The van der Waals surface area contributed by atoms with Crippen LogP contribution in [0.4, 0.5) is 5.82 Å². The second kappa shape index (κ2) is 11.3. The predicted molar refractivity (Wildman–Crippen MR) is 162 cm³/mol. The van der Waals surface area contributed by atoms with Crippen molar-refractivity contribution in [2.75, 3.05) is 44.7 Å². The Labute approximate surface area is 249 Å². The van der Waals surface area contributed by atoms with Gasteiger partial charge < -0.3 is 19.4 Å². The maximum Gasteiger partial charge on any atom is 0.319 e. The van der Waals surface area contributed by atoms with Crippen LogP contribution in [0.3, 0.4) is 0 Å². The molecule has 2 atom stereocenters. The third-order valence-corrected chi connectivity index (χ3v) is 8.89. The predicted octanol–water partition coefficient (Wildman–Crippen LogP) is 2.40. The highest BCUT2D eigenvalue weighted by Crippen LogP contribution is 2.31. The van der Waals surface area contributed by atoms with Crippen molar-refractivity contribution >= 4 is 33.7 Å². The van der Waals surface area contributed by atoms with E-state index in [4.69, 9.17) is 14.7 Å². The Morgan fingerprint density at radius 3 is 2.67 bits per heavy atom. The molecule has 2 aliphatic rings. The normalized spacial score (nSPS) is 19.3. The molecule has 0 spiro atoms. The number of benzene rings is 1. The van der Waals surface area contributed by atoms with Crippen molar-refractivity contribution in [1.82, 2.24) is 39.5 Å². The summed E-state index contributed by atoms with van der Waals surface area (Å²) in [6, 6.07) is 4.25. The number of aryl methyl sites for hydroxylation is 2. The van der Waals surface area contributed by atoms with Crippen LogP contribution in [0.1, 0.15) is 43.1 Å². The summed E-state index contributed by atoms with van der Waals surface area (Å²) in [6.45, 7) is 9.96. The fraction of sp³-hybridized carbons (Fsp3) is 0.500. The summed E-state index contributed by atoms with van der Waals surface area (Å²) in [7, 11) is 2.07. The number of aromatic nitrogens is 6. The van der Waals surface area contributed by atoms with Crippen LogP contribution in [0.15, 0.2) is 17.1 Å². The molecule has 13 nitrogen and oxygen atoms in total. The number of amides is 1. The lowest BCUT2D eigenvalue weighted by molar-refractivity contribution is -0.131. The van der Waals surface area contributed by atoms with Crippen molar-refractivity contribution in [2.24, 2.45) is 0 Å². The number of nitriles is 1. The van der Waals surface area contributed by atoms with E-state index in [0.717, 1.165) is 41.4 Å². The van der Waals surface area contributed by atoms with Crippen molar-refractivity contribution in [3.8, 4) is 17.8 Å². The van der Waals surface area contributed by atoms with E-state index in [1.807, 2.05) is 24.8 Å². The summed E-state index contributed by atoms with van der Waals surface area (Å²) in [4.78, 5) is 47.0. The van der Waals surface area contributed by atoms with Gasteiger partial charge >= 0.3 is 6.01 Å². The van der Waals surface area contributed by atoms with Crippen molar-refractivity contribution in [3.63, 3.8) is 0 Å². The number of nitrogens with one attached hydrogen (secondary N) is 1. The van der Waals surface area contributed by atoms with Crippen LogP contribution >= 0.6 is 0 Å². The van der Waals surface area contributed by atoms with Crippen LogP contribution in [0.25, 0.3) is 27.6 Å². The molecule has 0 aliphatic carbocycles. The van der Waals surface area contributed by atoms with Gasteiger partial charge in [0, 0.05) is 38.0 Å². The number of carbonyl (C=O) groups excluding carboxylic acids is 1. The summed E-state index contributed by atoms with van der Waals surface area (Å²) in [5.41, 5.74) is 3.66. The summed E-state index contributed by atoms with van der Waals surface area (Å²) >= 11 is 0. The van der Waals surface area contributed by atoms with Crippen molar-refractivity contribution in [2.45, 2.75) is 59.0 Å². The number of hydrogen-bond acceptors (Lipinski definition) is 10. The number of hydrogen-bond donors (Lipinski definition) is 1. The zero-order valence-corrected chi connectivity index (χ0v) is 25.2. The number of piperazine rings is 1. The van der Waals surface area contributed by atoms with Crippen molar-refractivity contribution in [3.05, 3.63) is 39.6 Å². The zero-order valence-electron chi connectivity index (χ0n) is 25.2. The molecule has 224 valence electrons. The molecule has 6 rings (SSSR count). The van der Waals surface area contributed by atoms with E-state index in [9.17, 15) is 14.9 Å². The van der Waals surface area contributed by atoms with E-state index in [1.54, 1.807) is 22.6 Å². The van der Waals surface area contributed by atoms with Crippen LogP contribution in [0.2, 0.25) is 0 Å². The molecule has 1 N–H and O–H groups in total. The first-order valence-electron chi connectivity index (χ1n) is 14.6. The van der Waals surface area contributed by atoms with Gasteiger partial charge in [0.2, 0.25) is 5.91 Å². The third-order valence-electron chi connectivity index (χ3n) is 8.89. The van der Waals surface area contributed by atoms with Crippen molar-refractivity contribution in [1.29, 1.82) is 5.26 Å². The average molecular weight is 585 g/mol. The van der Waals surface area contributed by atoms with Gasteiger partial charge in [0.15, 0.2) is 11.3 Å². The highest BCUT2D eigenvalue weighted by Gasteiger charge is 2.32. The summed E-state index contributed by atoms with van der Waals surface area (Å²) in [6.07, 6.45) is 4.01. The van der Waals surface area contributed by atoms with Gasteiger partial charge in [-0.15, -0.1) is 0 Å². The fourth-order valence-electron chi connectivity index (χ4n) is 6.39. The number of nitrogens with zero attached hydrogens (tertiary/aromatic N) is 9. The maximum atomic E-state index is 14.4. The number of carbonyl (C=O) groups is 1. The lowest BCUT2D eigenvalue weighted by Gasteiger charge is -2.40. The van der Waals surface area contributed by atoms with Gasteiger partial charge in [0.05, 0.1) is 35.9 Å². The second-order valence-electron chi connectivity index (χ2n) is 11.6. The first-order chi connectivity index (χ1) is 20.7. The van der Waals surface area contributed by atoms with Gasteiger partial charge in [-0.3, -0.25) is 19.3 Å². The van der Waals surface area contributed by atoms with E-state index in [-0.39, 0.29) is 41.5 Å². The number of fused-ring (bicyclic) bond motifs is 2. The van der Waals surface area contributed by atoms with Crippen LogP contribution in [-0.2, 0) is 4.79 Å². The van der Waals surface area contributed by atoms with E-state index in [1.165, 1.54) is 6.92 Å². The number of aromatic amines is 1. The molecular weight excluding hydrogens is 548 g/mol. The highest BCUT2D eigenvalue weighted by molar-refractivity contribution is 5.91. The molecule has 0 bridgehead atoms. The Kier molecular flexibility index (Phi) is 7.47. The largest absolute Gasteiger partial charge is 0.462 e. The van der Waals surface area contributed by atoms with Crippen molar-refractivity contribution < 1.29 is 9.53 Å². The minimum Gasteiger partial charge on any atom is -0.462 e.